The fraction of sp³-hybridized carbons (Fsp3) is 0.600. The van der Waals surface area contributed by atoms with Gasteiger partial charge in [-0.1, -0.05) is 57.2 Å². The largest absolute Gasteiger partial charge is 0.273 e. The molecule has 1 heterocycles. The summed E-state index contributed by atoms with van der Waals surface area (Å²) in [5, 5.41) is 2.88. The van der Waals surface area contributed by atoms with Crippen molar-refractivity contribution in [2.75, 3.05) is 0 Å². The summed E-state index contributed by atoms with van der Waals surface area (Å²) in [6, 6.07) is 14.6. The summed E-state index contributed by atoms with van der Waals surface area (Å²) in [4.78, 5) is 5.63. The Bertz CT molecular complexity index is 813. The molecule has 2 aliphatic rings. The van der Waals surface area contributed by atoms with Crippen LogP contribution in [0.4, 0.5) is 0 Å². The number of hydrogen-bond donors (Lipinski definition) is 0. The fourth-order valence-electron chi connectivity index (χ4n) is 5.68. The van der Waals surface area contributed by atoms with Gasteiger partial charge in [0.2, 0.25) is 0 Å². The molecule has 1 fully saturated rings. The summed E-state index contributed by atoms with van der Waals surface area (Å²) in [5.41, 5.74) is 3.37. The molecule has 27 heavy (non-hydrogen) atoms. The van der Waals surface area contributed by atoms with E-state index < -0.39 is 0 Å². The van der Waals surface area contributed by atoms with E-state index in [9.17, 15) is 0 Å². The standard InChI is InChI=1S/C25H36N2/c1-23(2,3)22-26(24(4,5)6)20-17-14-10-12-16-13-11-15-18(19(16)17)21(20)27(22)25(7,8)9/h10-15,20-22H,1-9H3. The second-order valence-corrected chi connectivity index (χ2v) is 11.6. The predicted octanol–water partition coefficient (Wildman–Crippen LogP) is 6.52. The number of benzene rings is 2. The molecule has 1 saturated heterocycles. The number of rotatable bonds is 0. The molecule has 146 valence electrons. The molecule has 2 aromatic rings. The second kappa shape index (κ2) is 5.58. The molecule has 2 heteroatoms. The normalized spacial score (nSPS) is 26.8. The molecule has 0 amide bonds. The Labute approximate surface area is 165 Å². The first-order valence-electron chi connectivity index (χ1n) is 10.4. The number of fused-ring (bicyclic) bond motifs is 3. The van der Waals surface area contributed by atoms with Crippen molar-refractivity contribution < 1.29 is 0 Å². The van der Waals surface area contributed by atoms with Crippen LogP contribution in [0.3, 0.4) is 0 Å². The number of hydrogen-bond acceptors (Lipinski definition) is 2. The maximum absolute atomic E-state index is 2.82. The van der Waals surface area contributed by atoms with E-state index in [2.05, 4.69) is 109 Å². The maximum Gasteiger partial charge on any atom is 0.0692 e. The summed E-state index contributed by atoms with van der Waals surface area (Å²) in [6.07, 6.45) is 0.385. The van der Waals surface area contributed by atoms with Gasteiger partial charge >= 0.3 is 0 Å². The highest BCUT2D eigenvalue weighted by Gasteiger charge is 2.60. The van der Waals surface area contributed by atoms with Gasteiger partial charge in [-0.05, 0) is 68.9 Å². The van der Waals surface area contributed by atoms with Crippen molar-refractivity contribution in [3.8, 4) is 0 Å². The van der Waals surface area contributed by atoms with Crippen molar-refractivity contribution in [3.63, 3.8) is 0 Å². The van der Waals surface area contributed by atoms with Crippen LogP contribution in [0, 0.1) is 5.41 Å². The van der Waals surface area contributed by atoms with Gasteiger partial charge in [-0.3, -0.25) is 9.80 Å². The lowest BCUT2D eigenvalue weighted by atomic mass is 9.86. The first-order valence-corrected chi connectivity index (χ1v) is 10.4. The summed E-state index contributed by atoms with van der Waals surface area (Å²) in [5.74, 6) is 0. The summed E-state index contributed by atoms with van der Waals surface area (Å²) < 4.78 is 0. The van der Waals surface area contributed by atoms with Gasteiger partial charge in [0.05, 0.1) is 18.2 Å². The van der Waals surface area contributed by atoms with Crippen LogP contribution >= 0.6 is 0 Å². The van der Waals surface area contributed by atoms with E-state index in [4.69, 9.17) is 0 Å². The van der Waals surface area contributed by atoms with E-state index in [-0.39, 0.29) is 16.5 Å². The third-order valence-electron chi connectivity index (χ3n) is 6.36. The van der Waals surface area contributed by atoms with Crippen LogP contribution in [-0.4, -0.2) is 27.0 Å². The molecule has 2 nitrogen and oxygen atoms in total. The van der Waals surface area contributed by atoms with E-state index in [0.717, 1.165) is 0 Å². The lowest BCUT2D eigenvalue weighted by Crippen LogP contribution is -2.58. The molecular formula is C25H36N2. The van der Waals surface area contributed by atoms with Crippen molar-refractivity contribution in [1.29, 1.82) is 0 Å². The van der Waals surface area contributed by atoms with Crippen molar-refractivity contribution in [2.45, 2.75) is 91.6 Å². The molecule has 1 aliphatic heterocycles. The lowest BCUT2D eigenvalue weighted by Gasteiger charge is -2.50. The SMILES string of the molecule is CC(C)(C)C1N(C(C)(C)C)C2c3cccc4cccc(c34)C2N1C(C)(C)C. The second-order valence-electron chi connectivity index (χ2n) is 11.6. The topological polar surface area (TPSA) is 6.48 Å². The molecule has 0 aromatic heterocycles. The van der Waals surface area contributed by atoms with E-state index in [0.29, 0.717) is 18.2 Å². The van der Waals surface area contributed by atoms with Crippen LogP contribution in [0.25, 0.3) is 10.8 Å². The van der Waals surface area contributed by atoms with Crippen molar-refractivity contribution in [2.24, 2.45) is 5.41 Å². The van der Waals surface area contributed by atoms with E-state index in [1.54, 1.807) is 0 Å². The molecule has 0 bridgehead atoms. The minimum Gasteiger partial charge on any atom is -0.273 e. The monoisotopic (exact) mass is 364 g/mol. The first-order chi connectivity index (χ1) is 12.3. The van der Waals surface area contributed by atoms with Gasteiger partial charge in [0.15, 0.2) is 0 Å². The van der Waals surface area contributed by atoms with Crippen LogP contribution < -0.4 is 0 Å². The van der Waals surface area contributed by atoms with Crippen molar-refractivity contribution >= 4 is 10.8 Å². The molecule has 1 aliphatic carbocycles. The minimum atomic E-state index is 0.0884. The maximum atomic E-state index is 2.82. The third-order valence-corrected chi connectivity index (χ3v) is 6.36. The zero-order valence-electron chi connectivity index (χ0n) is 18.6. The Hall–Kier alpha value is -1.38. The van der Waals surface area contributed by atoms with Gasteiger partial charge in [0.25, 0.3) is 0 Å². The van der Waals surface area contributed by atoms with E-state index >= 15 is 0 Å². The molecular weight excluding hydrogens is 328 g/mol. The third kappa shape index (κ3) is 2.68. The number of nitrogens with zero attached hydrogens (tertiary/aromatic N) is 2. The Kier molecular flexibility index (Phi) is 3.92. The van der Waals surface area contributed by atoms with Gasteiger partial charge in [0, 0.05) is 11.1 Å². The summed E-state index contributed by atoms with van der Waals surface area (Å²) >= 11 is 0. The molecule has 2 aromatic carbocycles. The van der Waals surface area contributed by atoms with E-state index in [1.165, 1.54) is 21.9 Å². The van der Waals surface area contributed by atoms with Gasteiger partial charge in [0.1, 0.15) is 0 Å². The zero-order valence-corrected chi connectivity index (χ0v) is 18.6. The predicted molar refractivity (Wildman–Crippen MR) is 116 cm³/mol. The van der Waals surface area contributed by atoms with Crippen LogP contribution in [-0.2, 0) is 0 Å². The van der Waals surface area contributed by atoms with Crippen LogP contribution in [0.2, 0.25) is 0 Å². The van der Waals surface area contributed by atoms with Crippen LogP contribution in [0.1, 0.15) is 85.5 Å². The van der Waals surface area contributed by atoms with E-state index in [1.807, 2.05) is 0 Å². The zero-order chi connectivity index (χ0) is 19.9. The van der Waals surface area contributed by atoms with Gasteiger partial charge < -0.3 is 0 Å². The molecule has 0 radical (unpaired) electrons. The van der Waals surface area contributed by atoms with Gasteiger partial charge in [-0.2, -0.15) is 0 Å². The van der Waals surface area contributed by atoms with Crippen molar-refractivity contribution in [1.82, 2.24) is 9.80 Å². The van der Waals surface area contributed by atoms with Gasteiger partial charge in [-0.25, -0.2) is 0 Å². The molecule has 0 saturated carbocycles. The van der Waals surface area contributed by atoms with Crippen LogP contribution in [0.5, 0.6) is 0 Å². The Balaban J connectivity index is 2.04. The Morgan fingerprint density at radius 1 is 0.630 bits per heavy atom. The molecule has 2 unspecified atom stereocenters. The molecule has 0 spiro atoms. The summed E-state index contributed by atoms with van der Waals surface area (Å²) in [6.45, 7) is 21.5. The lowest BCUT2D eigenvalue weighted by molar-refractivity contribution is -0.0596. The van der Waals surface area contributed by atoms with Crippen molar-refractivity contribution in [3.05, 3.63) is 47.5 Å². The minimum absolute atomic E-state index is 0.0884. The Morgan fingerprint density at radius 2 is 1.04 bits per heavy atom. The quantitative estimate of drug-likeness (QED) is 0.525. The smallest absolute Gasteiger partial charge is 0.0692 e. The summed E-state index contributed by atoms with van der Waals surface area (Å²) in [7, 11) is 0. The molecule has 2 atom stereocenters. The highest BCUT2D eigenvalue weighted by atomic mass is 15.5. The average Bonchev–Trinajstić information content (AvgIpc) is 3.02. The first kappa shape index (κ1) is 19.0. The average molecular weight is 365 g/mol. The fourth-order valence-corrected chi connectivity index (χ4v) is 5.68. The molecule has 4 rings (SSSR count). The van der Waals surface area contributed by atoms with Crippen LogP contribution in [0.15, 0.2) is 36.4 Å². The highest BCUT2D eigenvalue weighted by molar-refractivity contribution is 5.92. The molecule has 0 N–H and O–H groups in total. The highest BCUT2D eigenvalue weighted by Crippen LogP contribution is 2.61. The Morgan fingerprint density at radius 3 is 1.37 bits per heavy atom. The van der Waals surface area contributed by atoms with Gasteiger partial charge in [-0.15, -0.1) is 0 Å².